The number of pyridine rings is 1. The quantitative estimate of drug-likeness (QED) is 0.748. The molecule has 0 bridgehead atoms. The number of carboxylic acids is 1. The molecule has 0 aliphatic carbocycles. The largest absolute Gasteiger partial charge is 0.477 e. The zero-order valence-corrected chi connectivity index (χ0v) is 9.10. The van der Waals surface area contributed by atoms with Crippen LogP contribution in [-0.4, -0.2) is 42.6 Å². The Morgan fingerprint density at radius 2 is 2.25 bits per heavy atom. The summed E-state index contributed by atoms with van der Waals surface area (Å²) in [7, 11) is 3.25. The van der Waals surface area contributed by atoms with Gasteiger partial charge in [0.05, 0.1) is 6.54 Å². The van der Waals surface area contributed by atoms with Crippen LogP contribution in [0.1, 0.15) is 10.5 Å². The minimum Gasteiger partial charge on any atom is -0.477 e. The van der Waals surface area contributed by atoms with Gasteiger partial charge in [-0.3, -0.25) is 4.79 Å². The maximum atomic E-state index is 11.1. The number of hydrogen-bond acceptors (Lipinski definition) is 4. The summed E-state index contributed by atoms with van der Waals surface area (Å²) >= 11 is 0. The SMILES string of the molecule is CNC(=O)CN(C)c1ccnc(C(=O)O)c1. The molecule has 1 aromatic rings. The predicted molar refractivity (Wildman–Crippen MR) is 58.5 cm³/mol. The Hall–Kier alpha value is -2.11. The van der Waals surface area contributed by atoms with Gasteiger partial charge in [-0.15, -0.1) is 0 Å². The highest BCUT2D eigenvalue weighted by molar-refractivity contribution is 5.87. The molecule has 0 unspecified atom stereocenters. The van der Waals surface area contributed by atoms with Crippen LogP contribution in [0, 0.1) is 0 Å². The van der Waals surface area contributed by atoms with Crippen molar-refractivity contribution in [2.24, 2.45) is 0 Å². The average Bonchev–Trinajstić information content (AvgIpc) is 2.28. The molecule has 0 fully saturated rings. The molecule has 86 valence electrons. The Balaban J connectivity index is 2.83. The first kappa shape index (κ1) is 12.0. The van der Waals surface area contributed by atoms with Crippen molar-refractivity contribution in [3.8, 4) is 0 Å². The summed E-state index contributed by atoms with van der Waals surface area (Å²) in [6, 6.07) is 3.07. The van der Waals surface area contributed by atoms with Crippen molar-refractivity contribution in [3.05, 3.63) is 24.0 Å². The Morgan fingerprint density at radius 3 is 2.81 bits per heavy atom. The van der Waals surface area contributed by atoms with Gasteiger partial charge in [-0.2, -0.15) is 0 Å². The number of carbonyl (C=O) groups is 2. The number of aromatic carboxylic acids is 1. The fourth-order valence-corrected chi connectivity index (χ4v) is 1.16. The van der Waals surface area contributed by atoms with E-state index in [9.17, 15) is 9.59 Å². The molecule has 1 heterocycles. The van der Waals surface area contributed by atoms with E-state index < -0.39 is 5.97 Å². The fourth-order valence-electron chi connectivity index (χ4n) is 1.16. The van der Waals surface area contributed by atoms with E-state index in [2.05, 4.69) is 10.3 Å². The number of carbonyl (C=O) groups excluding carboxylic acids is 1. The first-order valence-electron chi connectivity index (χ1n) is 4.65. The molecule has 1 amide bonds. The van der Waals surface area contributed by atoms with Crippen LogP contribution in [0.3, 0.4) is 0 Å². The van der Waals surface area contributed by atoms with Crippen molar-refractivity contribution in [1.29, 1.82) is 0 Å². The third kappa shape index (κ3) is 2.94. The van der Waals surface area contributed by atoms with E-state index in [-0.39, 0.29) is 18.1 Å². The summed E-state index contributed by atoms with van der Waals surface area (Å²) in [5.74, 6) is -1.23. The molecule has 0 aromatic carbocycles. The summed E-state index contributed by atoms with van der Waals surface area (Å²) < 4.78 is 0. The molecular formula is C10H13N3O3. The summed E-state index contributed by atoms with van der Waals surface area (Å²) in [6.45, 7) is 0.166. The highest BCUT2D eigenvalue weighted by atomic mass is 16.4. The van der Waals surface area contributed by atoms with Gasteiger partial charge in [0.1, 0.15) is 5.69 Å². The molecule has 0 spiro atoms. The number of hydrogen-bond donors (Lipinski definition) is 2. The minimum absolute atomic E-state index is 0.0405. The molecule has 6 nitrogen and oxygen atoms in total. The van der Waals surface area contributed by atoms with Gasteiger partial charge in [0.15, 0.2) is 0 Å². The van der Waals surface area contributed by atoms with Crippen LogP contribution in [0.2, 0.25) is 0 Å². The molecule has 0 aliphatic rings. The molecule has 16 heavy (non-hydrogen) atoms. The molecule has 6 heteroatoms. The zero-order chi connectivity index (χ0) is 12.1. The van der Waals surface area contributed by atoms with E-state index in [1.807, 2.05) is 0 Å². The highest BCUT2D eigenvalue weighted by Crippen LogP contribution is 2.12. The normalized spacial score (nSPS) is 9.62. The molecule has 1 aromatic heterocycles. The van der Waals surface area contributed by atoms with Crippen molar-refractivity contribution in [2.45, 2.75) is 0 Å². The molecule has 1 rings (SSSR count). The van der Waals surface area contributed by atoms with Gasteiger partial charge in [0.2, 0.25) is 5.91 Å². The molecule has 0 atom stereocenters. The first-order chi connectivity index (χ1) is 7.54. The molecular weight excluding hydrogens is 210 g/mol. The Morgan fingerprint density at radius 1 is 1.56 bits per heavy atom. The van der Waals surface area contributed by atoms with Crippen molar-refractivity contribution in [3.63, 3.8) is 0 Å². The molecule has 0 aliphatic heterocycles. The van der Waals surface area contributed by atoms with Crippen LogP contribution in [0.5, 0.6) is 0 Å². The number of likely N-dealkylation sites (N-methyl/N-ethyl adjacent to an activating group) is 2. The molecule has 0 saturated heterocycles. The van der Waals surface area contributed by atoms with E-state index >= 15 is 0 Å². The van der Waals surface area contributed by atoms with Gasteiger partial charge in [-0.1, -0.05) is 0 Å². The smallest absolute Gasteiger partial charge is 0.354 e. The third-order valence-electron chi connectivity index (χ3n) is 2.06. The second-order valence-electron chi connectivity index (χ2n) is 3.23. The van der Waals surface area contributed by atoms with E-state index in [4.69, 9.17) is 5.11 Å². The predicted octanol–water partition coefficient (Wildman–Crippen LogP) is -0.0380. The van der Waals surface area contributed by atoms with Crippen molar-refractivity contribution >= 4 is 17.6 Å². The van der Waals surface area contributed by atoms with Crippen LogP contribution in [0.15, 0.2) is 18.3 Å². The van der Waals surface area contributed by atoms with Gasteiger partial charge in [-0.25, -0.2) is 9.78 Å². The fraction of sp³-hybridized carbons (Fsp3) is 0.300. The molecule has 0 saturated carbocycles. The lowest BCUT2D eigenvalue weighted by atomic mass is 10.3. The lowest BCUT2D eigenvalue weighted by molar-refractivity contribution is -0.119. The lowest BCUT2D eigenvalue weighted by Gasteiger charge is -2.18. The third-order valence-corrected chi connectivity index (χ3v) is 2.06. The number of anilines is 1. The van der Waals surface area contributed by atoms with E-state index in [1.54, 1.807) is 25.1 Å². The monoisotopic (exact) mass is 223 g/mol. The maximum absolute atomic E-state index is 11.1. The molecule has 2 N–H and O–H groups in total. The van der Waals surface area contributed by atoms with Gasteiger partial charge < -0.3 is 15.3 Å². The van der Waals surface area contributed by atoms with Crippen LogP contribution < -0.4 is 10.2 Å². The number of nitrogens with one attached hydrogen (secondary N) is 1. The highest BCUT2D eigenvalue weighted by Gasteiger charge is 2.09. The number of amides is 1. The van der Waals surface area contributed by atoms with Crippen molar-refractivity contribution in [1.82, 2.24) is 10.3 Å². The van der Waals surface area contributed by atoms with Gasteiger partial charge in [0, 0.05) is 26.0 Å². The van der Waals surface area contributed by atoms with Crippen molar-refractivity contribution in [2.75, 3.05) is 25.5 Å². The Kier molecular flexibility index (Phi) is 3.82. The number of aromatic nitrogens is 1. The maximum Gasteiger partial charge on any atom is 0.354 e. The van der Waals surface area contributed by atoms with E-state index in [0.29, 0.717) is 5.69 Å². The van der Waals surface area contributed by atoms with E-state index in [0.717, 1.165) is 0 Å². The summed E-state index contributed by atoms with van der Waals surface area (Å²) in [5, 5.41) is 11.2. The van der Waals surface area contributed by atoms with Crippen LogP contribution in [-0.2, 0) is 4.79 Å². The van der Waals surface area contributed by atoms with Gasteiger partial charge >= 0.3 is 5.97 Å². The van der Waals surface area contributed by atoms with Crippen LogP contribution in [0.4, 0.5) is 5.69 Å². The summed E-state index contributed by atoms with van der Waals surface area (Å²) in [6.07, 6.45) is 1.40. The van der Waals surface area contributed by atoms with Crippen LogP contribution >= 0.6 is 0 Å². The lowest BCUT2D eigenvalue weighted by Crippen LogP contribution is -2.33. The first-order valence-corrected chi connectivity index (χ1v) is 4.65. The average molecular weight is 223 g/mol. The summed E-state index contributed by atoms with van der Waals surface area (Å²) in [4.78, 5) is 27.2. The second kappa shape index (κ2) is 5.11. The minimum atomic E-state index is -1.09. The van der Waals surface area contributed by atoms with Gasteiger partial charge in [-0.05, 0) is 12.1 Å². The van der Waals surface area contributed by atoms with E-state index in [1.165, 1.54) is 12.3 Å². The number of rotatable bonds is 4. The Labute approximate surface area is 92.9 Å². The zero-order valence-electron chi connectivity index (χ0n) is 9.10. The summed E-state index contributed by atoms with van der Waals surface area (Å²) in [5.41, 5.74) is 0.595. The second-order valence-corrected chi connectivity index (χ2v) is 3.23. The topological polar surface area (TPSA) is 82.5 Å². The standard InChI is InChI=1S/C10H13N3O3/c1-11-9(14)6-13(2)7-3-4-12-8(5-7)10(15)16/h3-5H,6H2,1-2H3,(H,11,14)(H,15,16). The molecule has 0 radical (unpaired) electrons. The van der Waals surface area contributed by atoms with Gasteiger partial charge in [0.25, 0.3) is 0 Å². The van der Waals surface area contributed by atoms with Crippen LogP contribution in [0.25, 0.3) is 0 Å². The number of carboxylic acid groups (broad SMARTS) is 1. The Bertz CT molecular complexity index is 406. The number of nitrogens with zero attached hydrogens (tertiary/aromatic N) is 2. The van der Waals surface area contributed by atoms with Crippen molar-refractivity contribution < 1.29 is 14.7 Å².